The van der Waals surface area contributed by atoms with Crippen molar-refractivity contribution in [3.8, 4) is 0 Å². The lowest BCUT2D eigenvalue weighted by Crippen LogP contribution is -2.22. The summed E-state index contributed by atoms with van der Waals surface area (Å²) in [5, 5.41) is 18.6. The van der Waals surface area contributed by atoms with Gasteiger partial charge >= 0.3 is 5.97 Å². The summed E-state index contributed by atoms with van der Waals surface area (Å²) >= 11 is 0. The largest absolute Gasteiger partial charge is 0.478 e. The molecule has 0 aliphatic rings. The van der Waals surface area contributed by atoms with E-state index in [0.717, 1.165) is 0 Å². The molecule has 7 heteroatoms. The average molecular weight is 261 g/mol. The summed E-state index contributed by atoms with van der Waals surface area (Å²) in [4.78, 5) is 22.5. The monoisotopic (exact) mass is 261 g/mol. The number of aryl methyl sites for hydroxylation is 1. The summed E-state index contributed by atoms with van der Waals surface area (Å²) in [5.74, 6) is -0.703. The van der Waals surface area contributed by atoms with Crippen LogP contribution in [0.25, 0.3) is 0 Å². The Morgan fingerprint density at radius 3 is 2.79 bits per heavy atom. The molecule has 2 aromatic rings. The Labute approximate surface area is 108 Å². The number of aromatic carboxylic acids is 1. The summed E-state index contributed by atoms with van der Waals surface area (Å²) in [6, 6.07) is 2.92. The van der Waals surface area contributed by atoms with Crippen molar-refractivity contribution in [2.75, 3.05) is 0 Å². The lowest BCUT2D eigenvalue weighted by Gasteiger charge is -2.01. The van der Waals surface area contributed by atoms with E-state index in [4.69, 9.17) is 9.52 Å². The minimum absolute atomic E-state index is 0.0924. The van der Waals surface area contributed by atoms with Gasteiger partial charge in [-0.15, -0.1) is 0 Å². The first-order valence-corrected chi connectivity index (χ1v) is 5.45. The molecule has 0 bridgehead atoms. The Balaban J connectivity index is 2.01. The average Bonchev–Trinajstić information content (AvgIpc) is 2.78. The van der Waals surface area contributed by atoms with E-state index >= 15 is 0 Å². The minimum atomic E-state index is -1.06. The molecule has 0 unspecified atom stereocenters. The van der Waals surface area contributed by atoms with Crippen LogP contribution in [0.3, 0.4) is 0 Å². The summed E-state index contributed by atoms with van der Waals surface area (Å²) in [6.07, 6.45) is 2.75. The molecule has 2 heterocycles. The van der Waals surface area contributed by atoms with E-state index in [1.165, 1.54) is 24.5 Å². The molecule has 2 N–H and O–H groups in total. The van der Waals surface area contributed by atoms with Crippen LogP contribution in [0.2, 0.25) is 0 Å². The van der Waals surface area contributed by atoms with Crippen LogP contribution in [0.1, 0.15) is 32.2 Å². The normalized spacial score (nSPS) is 10.2. The van der Waals surface area contributed by atoms with Crippen molar-refractivity contribution in [1.29, 1.82) is 0 Å². The van der Waals surface area contributed by atoms with Crippen LogP contribution in [0.4, 0.5) is 0 Å². The number of amides is 1. The van der Waals surface area contributed by atoms with Gasteiger partial charge in [0.15, 0.2) is 0 Å². The third kappa shape index (κ3) is 2.95. The fraction of sp³-hybridized carbons (Fsp3) is 0.167. The van der Waals surface area contributed by atoms with Gasteiger partial charge in [-0.2, -0.15) is 10.2 Å². The fourth-order valence-corrected chi connectivity index (χ4v) is 1.54. The van der Waals surface area contributed by atoms with Crippen molar-refractivity contribution in [2.45, 2.75) is 13.5 Å². The van der Waals surface area contributed by atoms with Gasteiger partial charge < -0.3 is 14.8 Å². The van der Waals surface area contributed by atoms with Crippen molar-refractivity contribution >= 4 is 11.9 Å². The van der Waals surface area contributed by atoms with Crippen LogP contribution in [-0.2, 0) is 6.54 Å². The van der Waals surface area contributed by atoms with E-state index in [2.05, 4.69) is 15.5 Å². The summed E-state index contributed by atoms with van der Waals surface area (Å²) < 4.78 is 5.24. The highest BCUT2D eigenvalue weighted by atomic mass is 16.4. The zero-order valence-corrected chi connectivity index (χ0v) is 10.1. The summed E-state index contributed by atoms with van der Waals surface area (Å²) in [7, 11) is 0. The quantitative estimate of drug-likeness (QED) is 0.850. The maximum absolute atomic E-state index is 11.7. The SMILES string of the molecule is Cc1oc(CNC(=O)c2ccnnc2)cc1C(=O)O. The molecule has 0 saturated heterocycles. The number of carbonyl (C=O) groups is 2. The van der Waals surface area contributed by atoms with E-state index in [-0.39, 0.29) is 18.0 Å². The number of hydrogen-bond donors (Lipinski definition) is 2. The van der Waals surface area contributed by atoms with E-state index in [1.807, 2.05) is 0 Å². The molecule has 0 spiro atoms. The van der Waals surface area contributed by atoms with Crippen LogP contribution in [0.5, 0.6) is 0 Å². The highest BCUT2D eigenvalue weighted by Gasteiger charge is 2.14. The predicted octanol–water partition coefficient (Wildman–Crippen LogP) is 1.01. The van der Waals surface area contributed by atoms with Crippen molar-refractivity contribution < 1.29 is 19.1 Å². The molecule has 0 aromatic carbocycles. The topological polar surface area (TPSA) is 105 Å². The lowest BCUT2D eigenvalue weighted by atomic mass is 10.2. The third-order valence-corrected chi connectivity index (χ3v) is 2.47. The Hall–Kier alpha value is -2.70. The maximum Gasteiger partial charge on any atom is 0.339 e. The van der Waals surface area contributed by atoms with Crippen LogP contribution in [0, 0.1) is 6.92 Å². The minimum Gasteiger partial charge on any atom is -0.478 e. The third-order valence-electron chi connectivity index (χ3n) is 2.47. The number of carbonyl (C=O) groups excluding carboxylic acids is 1. The highest BCUT2D eigenvalue weighted by Crippen LogP contribution is 2.14. The van der Waals surface area contributed by atoms with Crippen molar-refractivity contribution in [3.05, 3.63) is 47.2 Å². The number of rotatable bonds is 4. The van der Waals surface area contributed by atoms with Crippen molar-refractivity contribution in [3.63, 3.8) is 0 Å². The molecule has 0 atom stereocenters. The number of nitrogens with zero attached hydrogens (tertiary/aromatic N) is 2. The smallest absolute Gasteiger partial charge is 0.339 e. The Morgan fingerprint density at radius 2 is 2.21 bits per heavy atom. The molecule has 2 aromatic heterocycles. The van der Waals surface area contributed by atoms with Gasteiger partial charge in [-0.05, 0) is 19.1 Å². The van der Waals surface area contributed by atoms with Gasteiger partial charge in [0.05, 0.1) is 24.5 Å². The summed E-state index contributed by atoms with van der Waals surface area (Å²) in [5.41, 5.74) is 0.464. The molecular formula is C12H11N3O4. The fourth-order valence-electron chi connectivity index (χ4n) is 1.54. The lowest BCUT2D eigenvalue weighted by molar-refractivity contribution is 0.0694. The molecule has 7 nitrogen and oxygen atoms in total. The maximum atomic E-state index is 11.7. The molecule has 1 amide bonds. The van der Waals surface area contributed by atoms with Crippen LogP contribution in [-0.4, -0.2) is 27.2 Å². The first kappa shape index (κ1) is 12.7. The number of carboxylic acid groups (broad SMARTS) is 1. The van der Waals surface area contributed by atoms with Gasteiger partial charge in [-0.3, -0.25) is 4.79 Å². The van der Waals surface area contributed by atoms with E-state index < -0.39 is 5.97 Å². The van der Waals surface area contributed by atoms with Gasteiger partial charge in [-0.25, -0.2) is 4.79 Å². The van der Waals surface area contributed by atoms with Crippen LogP contribution < -0.4 is 5.32 Å². The Morgan fingerprint density at radius 1 is 1.42 bits per heavy atom. The molecule has 0 aliphatic carbocycles. The molecule has 0 saturated carbocycles. The summed E-state index contributed by atoms with van der Waals surface area (Å²) in [6.45, 7) is 1.66. The van der Waals surface area contributed by atoms with E-state index in [9.17, 15) is 9.59 Å². The van der Waals surface area contributed by atoms with E-state index in [0.29, 0.717) is 17.1 Å². The van der Waals surface area contributed by atoms with Crippen LogP contribution in [0.15, 0.2) is 28.9 Å². The number of nitrogens with one attached hydrogen (secondary N) is 1. The zero-order valence-electron chi connectivity index (χ0n) is 10.1. The second-order valence-corrected chi connectivity index (χ2v) is 3.80. The second kappa shape index (κ2) is 5.30. The molecule has 0 radical (unpaired) electrons. The first-order chi connectivity index (χ1) is 9.08. The first-order valence-electron chi connectivity index (χ1n) is 5.45. The second-order valence-electron chi connectivity index (χ2n) is 3.80. The van der Waals surface area contributed by atoms with Gasteiger partial charge in [0.1, 0.15) is 17.1 Å². The van der Waals surface area contributed by atoms with Gasteiger partial charge in [-0.1, -0.05) is 0 Å². The number of furan rings is 1. The molecular weight excluding hydrogens is 250 g/mol. The predicted molar refractivity (Wildman–Crippen MR) is 63.6 cm³/mol. The molecule has 2 rings (SSSR count). The van der Waals surface area contributed by atoms with Crippen molar-refractivity contribution in [1.82, 2.24) is 15.5 Å². The molecule has 98 valence electrons. The number of hydrogen-bond acceptors (Lipinski definition) is 5. The molecule has 19 heavy (non-hydrogen) atoms. The highest BCUT2D eigenvalue weighted by molar-refractivity contribution is 5.93. The van der Waals surface area contributed by atoms with Gasteiger partial charge in [0.2, 0.25) is 0 Å². The van der Waals surface area contributed by atoms with Gasteiger partial charge in [0, 0.05) is 0 Å². The van der Waals surface area contributed by atoms with E-state index in [1.54, 1.807) is 6.92 Å². The van der Waals surface area contributed by atoms with Gasteiger partial charge in [0.25, 0.3) is 5.91 Å². The Kier molecular flexibility index (Phi) is 3.56. The van der Waals surface area contributed by atoms with Crippen molar-refractivity contribution in [2.24, 2.45) is 0 Å². The standard InChI is InChI=1S/C12H11N3O4/c1-7-10(12(17)18)4-9(19-7)6-13-11(16)8-2-3-14-15-5-8/h2-5H,6H2,1H3,(H,13,16)(H,17,18). The number of aromatic nitrogens is 2. The van der Waals surface area contributed by atoms with Crippen LogP contribution >= 0.6 is 0 Å². The molecule has 0 aliphatic heterocycles. The zero-order chi connectivity index (χ0) is 13.8. The molecule has 0 fully saturated rings. The Bertz CT molecular complexity index is 607. The number of carboxylic acids is 1.